The Bertz CT molecular complexity index is 392. The van der Waals surface area contributed by atoms with Crippen molar-refractivity contribution >= 4 is 11.9 Å². The van der Waals surface area contributed by atoms with E-state index < -0.39 is 17.5 Å². The summed E-state index contributed by atoms with van der Waals surface area (Å²) in [5.74, 6) is -2.37. The number of carboxylic acid groups (broad SMARTS) is 1. The summed E-state index contributed by atoms with van der Waals surface area (Å²) < 4.78 is 4.81. The Morgan fingerprint density at radius 1 is 1.35 bits per heavy atom. The lowest BCUT2D eigenvalue weighted by Crippen LogP contribution is -3.00. The van der Waals surface area contributed by atoms with Gasteiger partial charge in [0.15, 0.2) is 0 Å². The van der Waals surface area contributed by atoms with Gasteiger partial charge in [0.05, 0.1) is 0 Å². The third kappa shape index (κ3) is 4.05. The molecule has 0 amide bonds. The van der Waals surface area contributed by atoms with Crippen LogP contribution in [0.2, 0.25) is 0 Å². The number of carbonyl (C=O) groups excluding carboxylic acids is 1. The number of nitrogens with two attached hydrogens (primary N) is 1. The molecule has 0 heterocycles. The maximum Gasteiger partial charge on any atom is 0.337 e. The van der Waals surface area contributed by atoms with E-state index in [-0.39, 0.29) is 19.0 Å². The first-order valence-corrected chi connectivity index (χ1v) is 4.68. The van der Waals surface area contributed by atoms with Gasteiger partial charge in [-0.05, 0) is 12.5 Å². The average molecular weight is 259 g/mol. The summed E-state index contributed by atoms with van der Waals surface area (Å²) in [6, 6.07) is 8.95. The molecule has 0 aliphatic rings. The summed E-state index contributed by atoms with van der Waals surface area (Å²) in [7, 11) is 0. The Balaban J connectivity index is 0.00000256. The number of hydrogen-bond acceptors (Lipinski definition) is 4. The molecule has 17 heavy (non-hydrogen) atoms. The van der Waals surface area contributed by atoms with E-state index >= 15 is 0 Å². The summed E-state index contributed by atoms with van der Waals surface area (Å²) in [6.07, 6.45) is 0. The molecule has 0 aromatic heterocycles. The summed E-state index contributed by atoms with van der Waals surface area (Å²) in [5, 5.41) is 8.68. The van der Waals surface area contributed by atoms with Crippen LogP contribution in [-0.4, -0.2) is 22.6 Å². The van der Waals surface area contributed by atoms with Crippen LogP contribution in [0.4, 0.5) is 0 Å². The fourth-order valence-electron chi connectivity index (χ4n) is 0.960. The van der Waals surface area contributed by atoms with E-state index in [2.05, 4.69) is 0 Å². The number of carbonyl (C=O) groups is 2. The normalized spacial score (nSPS) is 13.1. The molecular formula is C11H13ClNO4-. The van der Waals surface area contributed by atoms with E-state index in [0.29, 0.717) is 0 Å². The number of hydrogen-bond donors (Lipinski definition) is 2. The Hall–Kier alpha value is -1.59. The van der Waals surface area contributed by atoms with Crippen LogP contribution in [0.15, 0.2) is 30.3 Å². The predicted octanol–water partition coefficient (Wildman–Crippen LogP) is -2.46. The van der Waals surface area contributed by atoms with Crippen LogP contribution in [0.1, 0.15) is 12.5 Å². The highest BCUT2D eigenvalue weighted by atomic mass is 35.5. The second-order valence-corrected chi connectivity index (χ2v) is 3.57. The molecule has 94 valence electrons. The van der Waals surface area contributed by atoms with Gasteiger partial charge in [-0.15, -0.1) is 0 Å². The zero-order valence-electron chi connectivity index (χ0n) is 9.22. The van der Waals surface area contributed by atoms with E-state index in [1.54, 1.807) is 24.3 Å². The smallest absolute Gasteiger partial charge is 0.337 e. The van der Waals surface area contributed by atoms with Crippen molar-refractivity contribution in [1.82, 2.24) is 0 Å². The van der Waals surface area contributed by atoms with Gasteiger partial charge in [-0.1, -0.05) is 30.3 Å². The fraction of sp³-hybridized carbons (Fsp3) is 0.273. The second-order valence-electron chi connectivity index (χ2n) is 3.57. The molecule has 6 heteroatoms. The largest absolute Gasteiger partial charge is 1.00 e. The van der Waals surface area contributed by atoms with Crippen LogP contribution in [0.25, 0.3) is 0 Å². The van der Waals surface area contributed by atoms with Crippen molar-refractivity contribution in [3.63, 3.8) is 0 Å². The maximum absolute atomic E-state index is 11.4. The van der Waals surface area contributed by atoms with Gasteiger partial charge in [0.1, 0.15) is 6.61 Å². The van der Waals surface area contributed by atoms with Crippen molar-refractivity contribution in [2.75, 3.05) is 0 Å². The quantitative estimate of drug-likeness (QED) is 0.462. The Kier molecular flexibility index (Phi) is 5.64. The van der Waals surface area contributed by atoms with Gasteiger partial charge in [0, 0.05) is 0 Å². The molecular weight excluding hydrogens is 246 g/mol. The van der Waals surface area contributed by atoms with E-state index in [4.69, 9.17) is 15.6 Å². The zero-order valence-corrected chi connectivity index (χ0v) is 9.98. The molecule has 1 atom stereocenters. The molecule has 0 saturated heterocycles. The van der Waals surface area contributed by atoms with Gasteiger partial charge >= 0.3 is 11.9 Å². The third-order valence-corrected chi connectivity index (χ3v) is 2.08. The number of benzene rings is 1. The molecule has 0 spiro atoms. The lowest BCUT2D eigenvalue weighted by atomic mass is 10.1. The van der Waals surface area contributed by atoms with Crippen molar-refractivity contribution in [2.24, 2.45) is 5.73 Å². The SMILES string of the molecule is CC(N)(C(=O)O)C(=O)OCc1ccccc1.[Cl-]. The highest BCUT2D eigenvalue weighted by Crippen LogP contribution is 2.06. The van der Waals surface area contributed by atoms with Gasteiger partial charge in [-0.2, -0.15) is 0 Å². The fourth-order valence-corrected chi connectivity index (χ4v) is 0.960. The van der Waals surface area contributed by atoms with Crippen LogP contribution in [0.3, 0.4) is 0 Å². The van der Waals surface area contributed by atoms with Crippen LogP contribution in [0.5, 0.6) is 0 Å². The summed E-state index contributed by atoms with van der Waals surface area (Å²) in [6.45, 7) is 1.11. The number of ether oxygens (including phenoxy) is 1. The van der Waals surface area contributed by atoms with Crippen LogP contribution in [-0.2, 0) is 20.9 Å². The molecule has 0 aliphatic carbocycles. The molecule has 3 N–H and O–H groups in total. The zero-order chi connectivity index (χ0) is 12.2. The molecule has 5 nitrogen and oxygen atoms in total. The Morgan fingerprint density at radius 3 is 2.35 bits per heavy atom. The number of halogens is 1. The Labute approximate surface area is 105 Å². The van der Waals surface area contributed by atoms with Crippen molar-refractivity contribution in [3.05, 3.63) is 35.9 Å². The molecule has 1 aromatic rings. The molecule has 1 aromatic carbocycles. The van der Waals surface area contributed by atoms with E-state index in [9.17, 15) is 9.59 Å². The lowest BCUT2D eigenvalue weighted by Gasteiger charge is -2.17. The lowest BCUT2D eigenvalue weighted by molar-refractivity contribution is -0.160. The third-order valence-electron chi connectivity index (χ3n) is 2.08. The first-order chi connectivity index (χ1) is 7.44. The van der Waals surface area contributed by atoms with Crippen LogP contribution < -0.4 is 18.1 Å². The first-order valence-electron chi connectivity index (χ1n) is 4.68. The molecule has 0 bridgehead atoms. The van der Waals surface area contributed by atoms with Crippen LogP contribution in [0, 0.1) is 0 Å². The minimum absolute atomic E-state index is 0. The van der Waals surface area contributed by atoms with Crippen molar-refractivity contribution in [3.8, 4) is 0 Å². The highest BCUT2D eigenvalue weighted by molar-refractivity contribution is 6.03. The molecule has 0 fully saturated rings. The van der Waals surface area contributed by atoms with Gasteiger partial charge in [-0.3, -0.25) is 0 Å². The minimum atomic E-state index is -2.01. The standard InChI is InChI=1S/C11H13NO4.ClH/c1-11(12,9(13)14)10(15)16-7-8-5-3-2-4-6-8;/h2-6H,7,12H2,1H3,(H,13,14);1H/p-1. The van der Waals surface area contributed by atoms with Crippen molar-refractivity contribution in [2.45, 2.75) is 19.1 Å². The number of aliphatic carboxylic acids is 1. The average Bonchev–Trinajstić information content (AvgIpc) is 2.27. The van der Waals surface area contributed by atoms with Crippen molar-refractivity contribution in [1.29, 1.82) is 0 Å². The molecule has 0 saturated carbocycles. The summed E-state index contributed by atoms with van der Waals surface area (Å²) >= 11 is 0. The molecule has 1 rings (SSSR count). The topological polar surface area (TPSA) is 89.6 Å². The Morgan fingerprint density at radius 2 is 1.88 bits per heavy atom. The molecule has 0 aliphatic heterocycles. The summed E-state index contributed by atoms with van der Waals surface area (Å²) in [5.41, 5.74) is 4.06. The second kappa shape index (κ2) is 6.22. The van der Waals surface area contributed by atoms with Crippen molar-refractivity contribution < 1.29 is 31.8 Å². The van der Waals surface area contributed by atoms with Gasteiger partial charge in [0.25, 0.3) is 0 Å². The maximum atomic E-state index is 11.4. The van der Waals surface area contributed by atoms with E-state index in [0.717, 1.165) is 12.5 Å². The van der Waals surface area contributed by atoms with Crippen LogP contribution >= 0.6 is 0 Å². The number of esters is 1. The van der Waals surface area contributed by atoms with Gasteiger partial charge < -0.3 is 28.0 Å². The monoisotopic (exact) mass is 258 g/mol. The number of carboxylic acids is 1. The van der Waals surface area contributed by atoms with E-state index in [1.807, 2.05) is 6.07 Å². The summed E-state index contributed by atoms with van der Waals surface area (Å²) in [4.78, 5) is 22.0. The highest BCUT2D eigenvalue weighted by Gasteiger charge is 2.38. The van der Waals surface area contributed by atoms with Gasteiger partial charge in [0.2, 0.25) is 5.54 Å². The predicted molar refractivity (Wildman–Crippen MR) is 56.5 cm³/mol. The van der Waals surface area contributed by atoms with Gasteiger partial charge in [-0.25, -0.2) is 9.59 Å². The minimum Gasteiger partial charge on any atom is -1.00 e. The molecule has 1 unspecified atom stereocenters. The first kappa shape index (κ1) is 15.4. The van der Waals surface area contributed by atoms with E-state index in [1.165, 1.54) is 0 Å². The number of rotatable bonds is 4. The molecule has 0 radical (unpaired) electrons.